The van der Waals surface area contributed by atoms with Crippen LogP contribution >= 0.6 is 0 Å². The fourth-order valence-corrected chi connectivity index (χ4v) is 14.5. The van der Waals surface area contributed by atoms with Gasteiger partial charge in [0.25, 0.3) is 0 Å². The molecule has 0 fully saturated rings. The number of hydrogen-bond donors (Lipinski definition) is 2. The van der Waals surface area contributed by atoms with Gasteiger partial charge in [0.1, 0.15) is 34.8 Å². The van der Waals surface area contributed by atoms with Crippen molar-refractivity contribution < 1.29 is 33.2 Å². The predicted octanol–water partition coefficient (Wildman–Crippen LogP) is 23.1. The number of benzene rings is 4. The molecule has 0 spiro atoms. The van der Waals surface area contributed by atoms with Crippen LogP contribution in [-0.4, -0.2) is 79.5 Å². The molecule has 15 nitrogen and oxygen atoms in total. The number of aromatic nitrogens is 8. The van der Waals surface area contributed by atoms with E-state index in [0.717, 1.165) is 209 Å². The second-order valence-corrected chi connectivity index (χ2v) is 28.9. The van der Waals surface area contributed by atoms with E-state index in [4.69, 9.17) is 63.1 Å². The second kappa shape index (κ2) is 35.4. The van der Waals surface area contributed by atoms with Gasteiger partial charge in [-0.1, -0.05) is 211 Å². The van der Waals surface area contributed by atoms with Gasteiger partial charge in [-0.15, -0.1) is 0 Å². The Kier molecular flexibility index (Phi) is 26.1. The summed E-state index contributed by atoms with van der Waals surface area (Å²) in [5.41, 5.74) is 7.75. The Balaban J connectivity index is 1.22. The fourth-order valence-electron chi connectivity index (χ4n) is 14.5. The van der Waals surface area contributed by atoms with Crippen molar-refractivity contribution in [2.75, 3.05) is 39.6 Å². The van der Waals surface area contributed by atoms with Gasteiger partial charge < -0.3 is 43.1 Å². The molecule has 4 aliphatic rings. The van der Waals surface area contributed by atoms with Crippen molar-refractivity contribution in [1.29, 1.82) is 0 Å². The number of aromatic amines is 2. The van der Waals surface area contributed by atoms with Crippen LogP contribution in [0.1, 0.15) is 261 Å². The average Bonchev–Trinajstić information content (AvgIpc) is 1.59. The third kappa shape index (κ3) is 17.2. The Morgan fingerprint density at radius 3 is 0.788 bits per heavy atom. The molecule has 0 saturated heterocycles. The van der Waals surface area contributed by atoms with Gasteiger partial charge in [-0.3, -0.25) is 0 Å². The SMILES string of the molecule is CCCCC(CC)COc1cc2c(cc1OCC(CC)CCCC)-c1nc-2nc2nc(nc3[nH]c(nc4[nH]c(n1)c1cc(OCC(CC)CCCC)c(OCC(CC)CCCC)cc41)c1cc(OCC(CC)CCCC)c(OCC(CC)CCCC)cc31)-c1cc3c(cc1-2)[C@H]1C=C[C@@H]3O1. The molecule has 534 valence electrons. The monoisotopic (exact) mass is 1350 g/mol. The molecule has 2 N–H and O–H groups in total. The van der Waals surface area contributed by atoms with E-state index in [1.54, 1.807) is 0 Å². The van der Waals surface area contributed by atoms with Crippen LogP contribution in [0.25, 0.3) is 89.7 Å². The Hall–Kier alpha value is -7.26. The lowest BCUT2D eigenvalue weighted by molar-refractivity contribution is 0.0879. The molecule has 3 aromatic heterocycles. The highest BCUT2D eigenvalue weighted by Crippen LogP contribution is 2.51. The van der Waals surface area contributed by atoms with Crippen molar-refractivity contribution in [3.05, 3.63) is 71.8 Å². The van der Waals surface area contributed by atoms with Crippen molar-refractivity contribution in [2.24, 2.45) is 35.5 Å². The van der Waals surface area contributed by atoms with E-state index in [0.29, 0.717) is 156 Å². The molecular formula is C84H116N8O7. The minimum absolute atomic E-state index is 0.164. The minimum atomic E-state index is -0.166. The van der Waals surface area contributed by atoms with Gasteiger partial charge in [-0.2, -0.15) is 0 Å². The lowest BCUT2D eigenvalue weighted by atomic mass is 9.92. The molecule has 0 amide bonds. The first-order chi connectivity index (χ1) is 48.5. The normalized spacial score (nSPS) is 16.2. The first kappa shape index (κ1) is 73.0. The molecule has 0 saturated carbocycles. The van der Waals surface area contributed by atoms with Crippen LogP contribution in [0.2, 0.25) is 0 Å². The number of H-pyrrole nitrogens is 2. The first-order valence-electron chi connectivity index (χ1n) is 39.1. The Labute approximate surface area is 590 Å². The smallest absolute Gasteiger partial charge is 0.164 e. The average molecular weight is 1350 g/mol. The van der Waals surface area contributed by atoms with Crippen molar-refractivity contribution in [2.45, 2.75) is 249 Å². The van der Waals surface area contributed by atoms with Gasteiger partial charge >= 0.3 is 0 Å². The molecule has 99 heavy (non-hydrogen) atoms. The van der Waals surface area contributed by atoms with Gasteiger partial charge in [0.05, 0.1) is 39.6 Å². The maximum atomic E-state index is 7.06. The Morgan fingerprint density at radius 2 is 0.535 bits per heavy atom. The third-order valence-electron chi connectivity index (χ3n) is 21.7. The zero-order chi connectivity index (χ0) is 69.4. The van der Waals surface area contributed by atoms with E-state index in [9.17, 15) is 0 Å². The van der Waals surface area contributed by atoms with E-state index in [-0.39, 0.29) is 12.2 Å². The summed E-state index contributed by atoms with van der Waals surface area (Å²) in [6, 6.07) is 17.1. The summed E-state index contributed by atoms with van der Waals surface area (Å²) < 4.78 is 48.7. The van der Waals surface area contributed by atoms with Crippen LogP contribution in [-0.2, 0) is 4.74 Å². The van der Waals surface area contributed by atoms with Gasteiger partial charge in [0, 0.05) is 43.8 Å². The topological polar surface area (TPSA) is 174 Å². The highest BCUT2D eigenvalue weighted by molar-refractivity contribution is 6.09. The highest BCUT2D eigenvalue weighted by Gasteiger charge is 2.37. The predicted molar refractivity (Wildman–Crippen MR) is 405 cm³/mol. The van der Waals surface area contributed by atoms with Crippen LogP contribution < -0.4 is 28.4 Å². The van der Waals surface area contributed by atoms with Crippen LogP contribution in [0.4, 0.5) is 0 Å². The summed E-state index contributed by atoms with van der Waals surface area (Å²) in [6.45, 7) is 30.5. The lowest BCUT2D eigenvalue weighted by Crippen LogP contribution is -2.14. The van der Waals surface area contributed by atoms with Crippen LogP contribution in [0.15, 0.2) is 60.7 Å². The molecule has 4 aliphatic heterocycles. The minimum Gasteiger partial charge on any atom is -0.489 e. The van der Waals surface area contributed by atoms with E-state index in [1.165, 1.54) is 0 Å². The summed E-state index contributed by atoms with van der Waals surface area (Å²) in [7, 11) is 0. The summed E-state index contributed by atoms with van der Waals surface area (Å²) in [5, 5.41) is 3.27. The molecule has 10 bridgehead atoms. The number of hydrogen-bond acceptors (Lipinski definition) is 13. The second-order valence-electron chi connectivity index (χ2n) is 28.9. The van der Waals surface area contributed by atoms with Crippen molar-refractivity contribution in [1.82, 2.24) is 39.9 Å². The van der Waals surface area contributed by atoms with Gasteiger partial charge in [-0.05, 0) is 134 Å². The Bertz CT molecular complexity index is 4030. The van der Waals surface area contributed by atoms with E-state index >= 15 is 0 Å². The zero-order valence-corrected chi connectivity index (χ0v) is 62.1. The molecule has 0 aliphatic carbocycles. The number of ether oxygens (including phenoxy) is 7. The summed E-state index contributed by atoms with van der Waals surface area (Å²) in [4.78, 5) is 41.2. The third-order valence-corrected chi connectivity index (χ3v) is 21.7. The summed E-state index contributed by atoms with van der Waals surface area (Å²) in [5.74, 6) is 8.29. The molecule has 7 aromatic rings. The van der Waals surface area contributed by atoms with E-state index < -0.39 is 0 Å². The van der Waals surface area contributed by atoms with Crippen molar-refractivity contribution in [3.63, 3.8) is 0 Å². The van der Waals surface area contributed by atoms with Crippen molar-refractivity contribution in [3.8, 4) is 80.0 Å². The largest absolute Gasteiger partial charge is 0.489 e. The van der Waals surface area contributed by atoms with Gasteiger partial charge in [0.15, 0.2) is 57.8 Å². The highest BCUT2D eigenvalue weighted by atomic mass is 16.5. The molecule has 7 heterocycles. The zero-order valence-electron chi connectivity index (χ0n) is 62.1. The Morgan fingerprint density at radius 1 is 0.303 bits per heavy atom. The standard InChI is InChI=1S/C84H116N8O7/c1-13-25-31-53(19-7)47-93-71-41-63-65(43-73(71)95-49-55(21-9)33-27-15-3)81-88-79(63)86-77-61-39-59-60(70-38-37-69(59)99-70)40-62(61)78(85-77)87-80-64-42-72(94-48-54(20-8)32-26-14-2)74(96-50-56(22-10)34-28-16-4)44-66(64)82(89-80)91-84-68-46-76(98-52-58(24-12)36-30-18-6)75(45-67(68)83(90-81)92-84)97-51-57(23-11)35-29-17-5/h37-46,53-58,69-70H,13-36,47-52H2,1-12H3,(H2,85,86,87,88,89,90,91,92)/t53?,54?,55?,56?,57?,58?,69-,70+. The quantitative estimate of drug-likeness (QED) is 0.0346. The van der Waals surface area contributed by atoms with E-state index in [2.05, 4.69) is 154 Å². The lowest BCUT2D eigenvalue weighted by Gasteiger charge is -2.21. The summed E-state index contributed by atoms with van der Waals surface area (Å²) >= 11 is 0. The molecule has 11 rings (SSSR count). The maximum absolute atomic E-state index is 7.06. The van der Waals surface area contributed by atoms with Gasteiger partial charge in [0.2, 0.25) is 0 Å². The molecule has 8 atom stereocenters. The van der Waals surface area contributed by atoms with Crippen LogP contribution in [0.5, 0.6) is 34.5 Å². The molecular weight excluding hydrogens is 1230 g/mol. The number of fused-ring (bicyclic) bond motifs is 25. The van der Waals surface area contributed by atoms with E-state index in [1.807, 2.05) is 0 Å². The summed E-state index contributed by atoms with van der Waals surface area (Å²) in [6.07, 6.45) is 30.3. The maximum Gasteiger partial charge on any atom is 0.164 e. The molecule has 15 heteroatoms. The van der Waals surface area contributed by atoms with Gasteiger partial charge in [-0.25, -0.2) is 29.9 Å². The van der Waals surface area contributed by atoms with Crippen LogP contribution in [0, 0.1) is 35.5 Å². The molecule has 6 unspecified atom stereocenters. The molecule has 4 aromatic carbocycles. The van der Waals surface area contributed by atoms with Crippen molar-refractivity contribution >= 4 is 44.1 Å². The first-order valence-corrected chi connectivity index (χ1v) is 39.1. The number of unbranched alkanes of at least 4 members (excludes halogenated alkanes) is 6. The number of nitrogens with one attached hydrogen (secondary N) is 2. The fraction of sp³-hybridized carbons (Fsp3) is 0.595. The number of nitrogens with zero attached hydrogens (tertiary/aromatic N) is 6. The van der Waals surface area contributed by atoms with Crippen LogP contribution in [0.3, 0.4) is 0 Å². The number of rotatable bonds is 42. The molecule has 0 radical (unpaired) electrons.